The Kier molecular flexibility index (Phi) is 6.78. The average Bonchev–Trinajstić information content (AvgIpc) is 2.74. The Balaban J connectivity index is 1.74. The standard InChI is InChI=1S/C23H21N3O4/c27-21(24-18-7-3-1-4-8-18)15-26(20-13-11-17(12-14-20)23(29)30)16-22(28)25-19-9-5-2-6-10-19/h1-14H,15-16H2,(H,24,27)(H,25,28)(H,29,30). The van der Waals surface area contributed by atoms with Crippen LogP contribution in [0.25, 0.3) is 0 Å². The molecule has 0 saturated carbocycles. The summed E-state index contributed by atoms with van der Waals surface area (Å²) in [4.78, 5) is 37.8. The zero-order valence-electron chi connectivity index (χ0n) is 16.1. The van der Waals surface area contributed by atoms with Crippen molar-refractivity contribution >= 4 is 34.8 Å². The zero-order valence-corrected chi connectivity index (χ0v) is 16.1. The molecular formula is C23H21N3O4. The number of benzene rings is 3. The van der Waals surface area contributed by atoms with Gasteiger partial charge in [0.25, 0.3) is 0 Å². The van der Waals surface area contributed by atoms with E-state index in [2.05, 4.69) is 10.6 Å². The quantitative estimate of drug-likeness (QED) is 0.535. The highest BCUT2D eigenvalue weighted by Gasteiger charge is 2.16. The molecule has 0 unspecified atom stereocenters. The lowest BCUT2D eigenvalue weighted by atomic mass is 10.2. The normalized spacial score (nSPS) is 10.1. The van der Waals surface area contributed by atoms with E-state index in [0.29, 0.717) is 17.1 Å². The third kappa shape index (κ3) is 5.93. The number of carboxylic acids is 1. The number of carbonyl (C=O) groups is 3. The highest BCUT2D eigenvalue weighted by molar-refractivity contribution is 5.98. The molecular weight excluding hydrogens is 382 g/mol. The smallest absolute Gasteiger partial charge is 0.335 e. The summed E-state index contributed by atoms with van der Waals surface area (Å²) in [5, 5.41) is 14.7. The number of nitrogens with one attached hydrogen (secondary N) is 2. The second-order valence-electron chi connectivity index (χ2n) is 6.54. The number of amides is 2. The molecule has 30 heavy (non-hydrogen) atoms. The maximum Gasteiger partial charge on any atom is 0.335 e. The number of carbonyl (C=O) groups excluding carboxylic acids is 2. The second-order valence-corrected chi connectivity index (χ2v) is 6.54. The maximum atomic E-state index is 12.5. The number of rotatable bonds is 8. The Morgan fingerprint density at radius 1 is 0.667 bits per heavy atom. The molecule has 0 aliphatic carbocycles. The van der Waals surface area contributed by atoms with Crippen molar-refractivity contribution in [1.29, 1.82) is 0 Å². The summed E-state index contributed by atoms with van der Waals surface area (Å²) in [5.41, 5.74) is 1.99. The van der Waals surface area contributed by atoms with Crippen LogP contribution in [0, 0.1) is 0 Å². The van der Waals surface area contributed by atoms with E-state index in [-0.39, 0.29) is 30.5 Å². The van der Waals surface area contributed by atoms with E-state index in [1.54, 1.807) is 41.3 Å². The summed E-state index contributed by atoms with van der Waals surface area (Å²) < 4.78 is 0. The lowest BCUT2D eigenvalue weighted by molar-refractivity contribution is -0.115. The number of hydrogen-bond acceptors (Lipinski definition) is 4. The molecule has 0 saturated heterocycles. The summed E-state index contributed by atoms with van der Waals surface area (Å²) in [6.45, 7) is -0.160. The first kappa shape index (κ1) is 20.6. The number of aromatic carboxylic acids is 1. The number of para-hydroxylation sites is 2. The highest BCUT2D eigenvalue weighted by Crippen LogP contribution is 2.16. The predicted molar refractivity (Wildman–Crippen MR) is 116 cm³/mol. The first-order valence-corrected chi connectivity index (χ1v) is 9.29. The molecule has 3 rings (SSSR count). The van der Waals surface area contributed by atoms with Gasteiger partial charge in [0.1, 0.15) is 0 Å². The van der Waals surface area contributed by atoms with Crippen molar-refractivity contribution in [2.24, 2.45) is 0 Å². The largest absolute Gasteiger partial charge is 0.478 e. The molecule has 3 N–H and O–H groups in total. The summed E-state index contributed by atoms with van der Waals surface area (Å²) >= 11 is 0. The van der Waals surface area contributed by atoms with Gasteiger partial charge in [0.15, 0.2) is 0 Å². The number of hydrogen-bond donors (Lipinski definition) is 3. The Morgan fingerprint density at radius 3 is 1.50 bits per heavy atom. The van der Waals surface area contributed by atoms with Crippen LogP contribution in [0.2, 0.25) is 0 Å². The van der Waals surface area contributed by atoms with E-state index in [4.69, 9.17) is 5.11 Å². The molecule has 152 valence electrons. The molecule has 2 amide bonds. The van der Waals surface area contributed by atoms with Gasteiger partial charge in [-0.25, -0.2) is 4.79 Å². The van der Waals surface area contributed by atoms with Crippen molar-refractivity contribution < 1.29 is 19.5 Å². The fourth-order valence-electron chi connectivity index (χ4n) is 2.84. The maximum absolute atomic E-state index is 12.5. The van der Waals surface area contributed by atoms with Crippen molar-refractivity contribution in [2.75, 3.05) is 28.6 Å². The predicted octanol–water partition coefficient (Wildman–Crippen LogP) is 3.47. The van der Waals surface area contributed by atoms with Crippen LogP contribution >= 0.6 is 0 Å². The first-order valence-electron chi connectivity index (χ1n) is 9.29. The molecule has 0 radical (unpaired) electrons. The van der Waals surface area contributed by atoms with Gasteiger partial charge >= 0.3 is 5.97 Å². The number of nitrogens with zero attached hydrogens (tertiary/aromatic N) is 1. The van der Waals surface area contributed by atoms with Crippen molar-refractivity contribution in [3.05, 3.63) is 90.5 Å². The number of carboxylic acid groups (broad SMARTS) is 1. The first-order chi connectivity index (χ1) is 14.5. The molecule has 7 nitrogen and oxygen atoms in total. The van der Waals surface area contributed by atoms with Gasteiger partial charge < -0.3 is 20.6 Å². The highest BCUT2D eigenvalue weighted by atomic mass is 16.4. The van der Waals surface area contributed by atoms with Gasteiger partial charge in [-0.15, -0.1) is 0 Å². The monoisotopic (exact) mass is 403 g/mol. The molecule has 3 aromatic carbocycles. The van der Waals surface area contributed by atoms with Crippen LogP contribution in [0.3, 0.4) is 0 Å². The van der Waals surface area contributed by atoms with Crippen LogP contribution in [-0.2, 0) is 9.59 Å². The Morgan fingerprint density at radius 2 is 1.10 bits per heavy atom. The topological polar surface area (TPSA) is 98.7 Å². The molecule has 0 heterocycles. The third-order valence-electron chi connectivity index (χ3n) is 4.26. The van der Waals surface area contributed by atoms with Crippen LogP contribution in [0.4, 0.5) is 17.1 Å². The minimum atomic E-state index is -1.04. The van der Waals surface area contributed by atoms with E-state index in [1.165, 1.54) is 12.1 Å². The molecule has 0 bridgehead atoms. The Hall–Kier alpha value is -4.13. The van der Waals surface area contributed by atoms with Crippen LogP contribution in [0.1, 0.15) is 10.4 Å². The minimum Gasteiger partial charge on any atom is -0.478 e. The van der Waals surface area contributed by atoms with Crippen LogP contribution in [-0.4, -0.2) is 36.0 Å². The molecule has 7 heteroatoms. The fourth-order valence-corrected chi connectivity index (χ4v) is 2.84. The van der Waals surface area contributed by atoms with Gasteiger partial charge in [0.2, 0.25) is 11.8 Å². The van der Waals surface area contributed by atoms with Crippen LogP contribution < -0.4 is 15.5 Å². The summed E-state index contributed by atoms with van der Waals surface area (Å²) in [5.74, 6) is -1.64. The third-order valence-corrected chi connectivity index (χ3v) is 4.26. The SMILES string of the molecule is O=C(CN(CC(=O)Nc1ccccc1)c1ccc(C(=O)O)cc1)Nc1ccccc1. The van der Waals surface area contributed by atoms with Crippen molar-refractivity contribution in [3.8, 4) is 0 Å². The van der Waals surface area contributed by atoms with Crippen molar-refractivity contribution in [3.63, 3.8) is 0 Å². The lowest BCUT2D eigenvalue weighted by Crippen LogP contribution is -2.39. The van der Waals surface area contributed by atoms with E-state index < -0.39 is 5.97 Å². The molecule has 0 spiro atoms. The zero-order chi connectivity index (χ0) is 21.3. The van der Waals surface area contributed by atoms with Gasteiger partial charge in [-0.1, -0.05) is 36.4 Å². The van der Waals surface area contributed by atoms with E-state index in [9.17, 15) is 14.4 Å². The van der Waals surface area contributed by atoms with Gasteiger partial charge in [-0.05, 0) is 48.5 Å². The Labute approximate surface area is 174 Å². The molecule has 0 aliphatic heterocycles. The van der Waals surface area contributed by atoms with Crippen molar-refractivity contribution in [1.82, 2.24) is 0 Å². The second kappa shape index (κ2) is 9.88. The molecule has 0 atom stereocenters. The molecule has 0 aliphatic rings. The van der Waals surface area contributed by atoms with E-state index in [1.807, 2.05) is 36.4 Å². The Bertz CT molecular complexity index is 950. The molecule has 3 aromatic rings. The van der Waals surface area contributed by atoms with E-state index >= 15 is 0 Å². The van der Waals surface area contributed by atoms with Gasteiger partial charge in [-0.2, -0.15) is 0 Å². The average molecular weight is 403 g/mol. The van der Waals surface area contributed by atoms with Crippen LogP contribution in [0.5, 0.6) is 0 Å². The summed E-state index contributed by atoms with van der Waals surface area (Å²) in [6.07, 6.45) is 0. The van der Waals surface area contributed by atoms with Crippen LogP contribution in [0.15, 0.2) is 84.9 Å². The van der Waals surface area contributed by atoms with Gasteiger partial charge in [0.05, 0.1) is 18.7 Å². The van der Waals surface area contributed by atoms with E-state index in [0.717, 1.165) is 0 Å². The van der Waals surface area contributed by atoms with Gasteiger partial charge in [-0.3, -0.25) is 9.59 Å². The minimum absolute atomic E-state index is 0.0798. The summed E-state index contributed by atoms with van der Waals surface area (Å²) in [7, 11) is 0. The molecule has 0 aromatic heterocycles. The van der Waals surface area contributed by atoms with Crippen molar-refractivity contribution in [2.45, 2.75) is 0 Å². The number of anilines is 3. The lowest BCUT2D eigenvalue weighted by Gasteiger charge is -2.24. The summed E-state index contributed by atoms with van der Waals surface area (Å²) in [6, 6.07) is 24.1. The fraction of sp³-hybridized carbons (Fsp3) is 0.0870. The molecule has 0 fully saturated rings. The van der Waals surface area contributed by atoms with Gasteiger partial charge in [0, 0.05) is 17.1 Å².